The van der Waals surface area contributed by atoms with Crippen molar-refractivity contribution in [2.45, 2.75) is 31.8 Å². The lowest BCUT2D eigenvalue weighted by atomic mass is 9.90. The molecule has 140 valence electrons. The SMILES string of the molecule is CN(CCO)[C@@H]1CCc2c(c(C(=O)NCc3ccccc3F)nn2C)C1. The van der Waals surface area contributed by atoms with Gasteiger partial charge in [0.1, 0.15) is 5.82 Å². The fourth-order valence-electron chi connectivity index (χ4n) is 3.57. The van der Waals surface area contributed by atoms with Crippen LogP contribution in [-0.2, 0) is 26.4 Å². The highest BCUT2D eigenvalue weighted by Gasteiger charge is 2.29. The first-order chi connectivity index (χ1) is 12.5. The van der Waals surface area contributed by atoms with Crippen molar-refractivity contribution >= 4 is 5.91 Å². The molecule has 2 aromatic rings. The molecule has 3 rings (SSSR count). The number of aryl methyl sites for hydroxylation is 1. The van der Waals surface area contributed by atoms with Crippen LogP contribution in [0.25, 0.3) is 0 Å². The Labute approximate surface area is 152 Å². The third kappa shape index (κ3) is 3.78. The highest BCUT2D eigenvalue weighted by Crippen LogP contribution is 2.26. The number of aromatic nitrogens is 2. The number of amides is 1. The first-order valence-electron chi connectivity index (χ1n) is 8.88. The van der Waals surface area contributed by atoms with E-state index in [-0.39, 0.29) is 30.9 Å². The van der Waals surface area contributed by atoms with E-state index in [1.54, 1.807) is 22.9 Å². The predicted octanol–water partition coefficient (Wildman–Crippen LogP) is 1.27. The smallest absolute Gasteiger partial charge is 0.272 e. The van der Waals surface area contributed by atoms with Crippen molar-refractivity contribution in [2.75, 3.05) is 20.2 Å². The number of carbonyl (C=O) groups is 1. The third-order valence-electron chi connectivity index (χ3n) is 5.12. The second-order valence-corrected chi connectivity index (χ2v) is 6.77. The minimum absolute atomic E-state index is 0.114. The van der Waals surface area contributed by atoms with Gasteiger partial charge in [0.25, 0.3) is 5.91 Å². The second-order valence-electron chi connectivity index (χ2n) is 6.77. The molecule has 0 saturated heterocycles. The summed E-state index contributed by atoms with van der Waals surface area (Å²) < 4.78 is 15.5. The maximum Gasteiger partial charge on any atom is 0.272 e. The molecule has 7 heteroatoms. The van der Waals surface area contributed by atoms with Crippen LogP contribution in [-0.4, -0.2) is 51.9 Å². The standard InChI is InChI=1S/C19H25FN4O2/c1-23(9-10-25)14-7-8-17-15(11-14)18(22-24(17)2)19(26)21-12-13-5-3-4-6-16(13)20/h3-6,14,25H,7-12H2,1-2H3,(H,21,26)/t14-/m1/s1. The lowest BCUT2D eigenvalue weighted by molar-refractivity contribution is 0.0943. The van der Waals surface area contributed by atoms with Crippen molar-refractivity contribution in [1.82, 2.24) is 20.0 Å². The van der Waals surface area contributed by atoms with Gasteiger partial charge >= 0.3 is 0 Å². The molecule has 0 radical (unpaired) electrons. The Morgan fingerprint density at radius 3 is 2.96 bits per heavy atom. The largest absolute Gasteiger partial charge is 0.395 e. The van der Waals surface area contributed by atoms with Crippen LogP contribution in [0.3, 0.4) is 0 Å². The van der Waals surface area contributed by atoms with E-state index in [2.05, 4.69) is 15.3 Å². The van der Waals surface area contributed by atoms with E-state index in [0.29, 0.717) is 17.8 Å². The number of nitrogens with zero attached hydrogens (tertiary/aromatic N) is 3. The minimum atomic E-state index is -0.332. The normalized spacial score (nSPS) is 16.6. The van der Waals surface area contributed by atoms with Gasteiger partial charge in [-0.25, -0.2) is 4.39 Å². The number of likely N-dealkylation sites (N-methyl/N-ethyl adjacent to an activating group) is 1. The van der Waals surface area contributed by atoms with Crippen LogP contribution in [0.1, 0.15) is 33.7 Å². The number of hydrogen-bond acceptors (Lipinski definition) is 4. The molecule has 1 amide bonds. The number of rotatable bonds is 6. The number of benzene rings is 1. The van der Waals surface area contributed by atoms with Crippen molar-refractivity contribution in [2.24, 2.45) is 7.05 Å². The van der Waals surface area contributed by atoms with E-state index in [1.807, 2.05) is 14.1 Å². The van der Waals surface area contributed by atoms with E-state index >= 15 is 0 Å². The lowest BCUT2D eigenvalue weighted by Gasteiger charge is -2.31. The van der Waals surface area contributed by atoms with E-state index in [4.69, 9.17) is 5.11 Å². The molecule has 1 aromatic carbocycles. The molecule has 1 aromatic heterocycles. The number of carbonyl (C=O) groups excluding carboxylic acids is 1. The Morgan fingerprint density at radius 1 is 1.46 bits per heavy atom. The molecule has 0 spiro atoms. The zero-order valence-electron chi connectivity index (χ0n) is 15.2. The number of halogens is 1. The summed E-state index contributed by atoms with van der Waals surface area (Å²) in [6.07, 6.45) is 2.54. The molecule has 2 N–H and O–H groups in total. The van der Waals surface area contributed by atoms with Crippen LogP contribution in [0.4, 0.5) is 4.39 Å². The van der Waals surface area contributed by atoms with Crippen LogP contribution in [0.2, 0.25) is 0 Å². The molecular formula is C19H25FN4O2. The van der Waals surface area contributed by atoms with Crippen LogP contribution < -0.4 is 5.32 Å². The molecule has 26 heavy (non-hydrogen) atoms. The van der Waals surface area contributed by atoms with Crippen molar-refractivity contribution in [1.29, 1.82) is 0 Å². The van der Waals surface area contributed by atoms with Gasteiger partial charge in [0.05, 0.1) is 6.61 Å². The van der Waals surface area contributed by atoms with E-state index < -0.39 is 0 Å². The van der Waals surface area contributed by atoms with Gasteiger partial charge in [-0.05, 0) is 32.4 Å². The highest BCUT2D eigenvalue weighted by molar-refractivity contribution is 5.94. The highest BCUT2D eigenvalue weighted by atomic mass is 19.1. The molecule has 0 saturated carbocycles. The number of fused-ring (bicyclic) bond motifs is 1. The fraction of sp³-hybridized carbons (Fsp3) is 0.474. The zero-order chi connectivity index (χ0) is 18.7. The molecule has 0 bridgehead atoms. The van der Waals surface area contributed by atoms with Crippen LogP contribution in [0.5, 0.6) is 0 Å². The Bertz CT molecular complexity index is 790. The van der Waals surface area contributed by atoms with Crippen molar-refractivity contribution < 1.29 is 14.3 Å². The summed E-state index contributed by atoms with van der Waals surface area (Å²) >= 11 is 0. The molecule has 1 aliphatic rings. The third-order valence-corrected chi connectivity index (χ3v) is 5.12. The van der Waals surface area contributed by atoms with Gasteiger partial charge < -0.3 is 15.3 Å². The number of aliphatic hydroxyl groups excluding tert-OH is 1. The monoisotopic (exact) mass is 360 g/mol. The second kappa shape index (κ2) is 7.97. The van der Waals surface area contributed by atoms with Crippen LogP contribution >= 0.6 is 0 Å². The number of aliphatic hydroxyl groups is 1. The molecule has 0 fully saturated rings. The summed E-state index contributed by atoms with van der Waals surface area (Å²) in [4.78, 5) is 14.8. The summed E-state index contributed by atoms with van der Waals surface area (Å²) in [6.45, 7) is 0.850. The van der Waals surface area contributed by atoms with Gasteiger partial charge in [-0.3, -0.25) is 9.48 Å². The number of hydrogen-bond donors (Lipinski definition) is 2. The van der Waals surface area contributed by atoms with Gasteiger partial charge in [0.2, 0.25) is 0 Å². The summed E-state index contributed by atoms with van der Waals surface area (Å²) in [5, 5.41) is 16.3. The van der Waals surface area contributed by atoms with Crippen molar-refractivity contribution in [3.05, 3.63) is 52.6 Å². The van der Waals surface area contributed by atoms with E-state index in [9.17, 15) is 9.18 Å². The Hall–Kier alpha value is -2.25. The predicted molar refractivity (Wildman–Crippen MR) is 96.3 cm³/mol. The summed E-state index contributed by atoms with van der Waals surface area (Å²) in [6, 6.07) is 6.68. The van der Waals surface area contributed by atoms with Crippen LogP contribution in [0.15, 0.2) is 24.3 Å². The van der Waals surface area contributed by atoms with Gasteiger partial charge in [-0.15, -0.1) is 0 Å². The van der Waals surface area contributed by atoms with Gasteiger partial charge in [0, 0.05) is 43.0 Å². The van der Waals surface area contributed by atoms with E-state index in [1.165, 1.54) is 6.07 Å². The average Bonchev–Trinajstić information content (AvgIpc) is 2.97. The molecule has 6 nitrogen and oxygen atoms in total. The maximum absolute atomic E-state index is 13.7. The molecule has 1 heterocycles. The topological polar surface area (TPSA) is 70.4 Å². The minimum Gasteiger partial charge on any atom is -0.395 e. The molecular weight excluding hydrogens is 335 g/mol. The molecule has 0 aliphatic heterocycles. The van der Waals surface area contributed by atoms with Crippen LogP contribution in [0, 0.1) is 5.82 Å². The molecule has 1 atom stereocenters. The lowest BCUT2D eigenvalue weighted by Crippen LogP contribution is -2.38. The molecule has 1 aliphatic carbocycles. The first-order valence-corrected chi connectivity index (χ1v) is 8.88. The summed E-state index contributed by atoms with van der Waals surface area (Å²) in [5.41, 5.74) is 2.90. The van der Waals surface area contributed by atoms with Crippen molar-refractivity contribution in [3.63, 3.8) is 0 Å². The van der Waals surface area contributed by atoms with Gasteiger partial charge in [-0.1, -0.05) is 18.2 Å². The quantitative estimate of drug-likeness (QED) is 0.814. The number of nitrogens with one attached hydrogen (secondary N) is 1. The zero-order valence-corrected chi connectivity index (χ0v) is 15.2. The maximum atomic E-state index is 13.7. The Kier molecular flexibility index (Phi) is 5.68. The summed E-state index contributed by atoms with van der Waals surface area (Å²) in [7, 11) is 3.84. The first kappa shape index (κ1) is 18.5. The Morgan fingerprint density at radius 2 is 2.23 bits per heavy atom. The fourth-order valence-corrected chi connectivity index (χ4v) is 3.57. The molecule has 0 unspecified atom stereocenters. The van der Waals surface area contributed by atoms with Gasteiger partial charge in [-0.2, -0.15) is 5.10 Å². The van der Waals surface area contributed by atoms with Gasteiger partial charge in [0.15, 0.2) is 5.69 Å². The summed E-state index contributed by atoms with van der Waals surface area (Å²) in [5.74, 6) is -0.614. The Balaban J connectivity index is 1.75. The van der Waals surface area contributed by atoms with Crippen molar-refractivity contribution in [3.8, 4) is 0 Å². The van der Waals surface area contributed by atoms with E-state index in [0.717, 1.165) is 30.5 Å². The average molecular weight is 360 g/mol.